The third-order valence-electron chi connectivity index (χ3n) is 4.05. The fourth-order valence-electron chi connectivity index (χ4n) is 2.72. The first-order chi connectivity index (χ1) is 11.5. The third-order valence-corrected chi connectivity index (χ3v) is 4.38. The summed E-state index contributed by atoms with van der Waals surface area (Å²) in [5.74, 6) is -0.0302. The summed E-state index contributed by atoms with van der Waals surface area (Å²) in [4.78, 5) is 25.1. The van der Waals surface area contributed by atoms with E-state index in [9.17, 15) is 9.59 Å². The highest BCUT2D eigenvalue weighted by Gasteiger charge is 2.51. The highest BCUT2D eigenvalue weighted by atomic mass is 35.5. The van der Waals surface area contributed by atoms with Gasteiger partial charge in [0.1, 0.15) is 0 Å². The SMILES string of the molecule is COc1cccc2c1OC(C(C)=O)(C(=O)Nc1ccccc1Cl)C2. The number of Topliss-reactive ketones (excluding diaryl/α,β-unsaturated/α-hetero) is 1. The Labute approximate surface area is 144 Å². The van der Waals surface area contributed by atoms with E-state index in [-0.39, 0.29) is 12.2 Å². The van der Waals surface area contributed by atoms with Gasteiger partial charge in [0, 0.05) is 12.0 Å². The average Bonchev–Trinajstić information content (AvgIpc) is 2.98. The van der Waals surface area contributed by atoms with Crippen LogP contribution in [0.2, 0.25) is 5.02 Å². The molecule has 0 bridgehead atoms. The second kappa shape index (κ2) is 6.17. The number of carbonyl (C=O) groups is 2. The van der Waals surface area contributed by atoms with Crippen molar-refractivity contribution in [2.75, 3.05) is 12.4 Å². The molecule has 1 unspecified atom stereocenters. The molecule has 5 nitrogen and oxygen atoms in total. The Balaban J connectivity index is 1.95. The molecule has 124 valence electrons. The van der Waals surface area contributed by atoms with Gasteiger partial charge in [-0.05, 0) is 25.1 Å². The second-order valence-corrected chi connectivity index (χ2v) is 5.95. The number of methoxy groups -OCH3 is 1. The summed E-state index contributed by atoms with van der Waals surface area (Å²) in [5, 5.41) is 3.08. The van der Waals surface area contributed by atoms with E-state index in [1.165, 1.54) is 14.0 Å². The fourth-order valence-corrected chi connectivity index (χ4v) is 2.91. The Kier molecular flexibility index (Phi) is 4.20. The minimum absolute atomic E-state index is 0.144. The number of halogens is 1. The van der Waals surface area contributed by atoms with Gasteiger partial charge in [-0.25, -0.2) is 0 Å². The molecule has 1 aliphatic heterocycles. The highest BCUT2D eigenvalue weighted by Crippen LogP contribution is 2.43. The van der Waals surface area contributed by atoms with Gasteiger partial charge in [-0.1, -0.05) is 35.9 Å². The van der Waals surface area contributed by atoms with Gasteiger partial charge < -0.3 is 14.8 Å². The standard InChI is InChI=1S/C18H16ClNO4/c1-11(21)18(17(22)20-14-8-4-3-7-13(14)19)10-12-6-5-9-15(23-2)16(12)24-18/h3-9H,10H2,1-2H3,(H,20,22). The fraction of sp³-hybridized carbons (Fsp3) is 0.222. The zero-order valence-corrected chi connectivity index (χ0v) is 14.0. The van der Waals surface area contributed by atoms with E-state index < -0.39 is 11.5 Å². The number of amides is 1. The van der Waals surface area contributed by atoms with E-state index in [1.807, 2.05) is 6.07 Å². The van der Waals surface area contributed by atoms with E-state index >= 15 is 0 Å². The number of fused-ring (bicyclic) bond motifs is 1. The summed E-state index contributed by atoms with van der Waals surface area (Å²) >= 11 is 6.08. The summed E-state index contributed by atoms with van der Waals surface area (Å²) in [6.07, 6.45) is 0.144. The first kappa shape index (κ1) is 16.3. The Hall–Kier alpha value is -2.53. The maximum absolute atomic E-state index is 12.8. The highest BCUT2D eigenvalue weighted by molar-refractivity contribution is 6.34. The van der Waals surface area contributed by atoms with E-state index in [4.69, 9.17) is 21.1 Å². The number of ether oxygens (including phenoxy) is 2. The number of anilines is 1. The predicted molar refractivity (Wildman–Crippen MR) is 90.8 cm³/mol. The summed E-state index contributed by atoms with van der Waals surface area (Å²) < 4.78 is 11.1. The molecule has 24 heavy (non-hydrogen) atoms. The number of carbonyl (C=O) groups excluding carboxylic acids is 2. The van der Waals surface area contributed by atoms with Crippen molar-refractivity contribution >= 4 is 29.0 Å². The van der Waals surface area contributed by atoms with Crippen molar-refractivity contribution < 1.29 is 19.1 Å². The number of hydrogen-bond acceptors (Lipinski definition) is 4. The molecule has 3 rings (SSSR count). The van der Waals surface area contributed by atoms with Gasteiger partial charge in [0.05, 0.1) is 17.8 Å². The van der Waals surface area contributed by atoms with Gasteiger partial charge in [0.15, 0.2) is 17.3 Å². The third kappa shape index (κ3) is 2.61. The lowest BCUT2D eigenvalue weighted by Crippen LogP contribution is -2.52. The van der Waals surface area contributed by atoms with Crippen LogP contribution in [0, 0.1) is 0 Å². The molecule has 0 saturated heterocycles. The molecule has 0 fully saturated rings. The van der Waals surface area contributed by atoms with Crippen molar-refractivity contribution in [3.05, 3.63) is 53.1 Å². The number of para-hydroxylation sites is 2. The van der Waals surface area contributed by atoms with Crippen LogP contribution in [0.5, 0.6) is 11.5 Å². The molecule has 0 radical (unpaired) electrons. The Morgan fingerprint density at radius 3 is 2.62 bits per heavy atom. The molecule has 0 aliphatic carbocycles. The van der Waals surface area contributed by atoms with Gasteiger partial charge in [-0.3, -0.25) is 9.59 Å². The first-order valence-electron chi connectivity index (χ1n) is 7.40. The predicted octanol–water partition coefficient (Wildman–Crippen LogP) is 3.25. The van der Waals surface area contributed by atoms with Crippen LogP contribution in [0.25, 0.3) is 0 Å². The second-order valence-electron chi connectivity index (χ2n) is 5.54. The molecule has 2 aromatic carbocycles. The smallest absolute Gasteiger partial charge is 0.276 e. The first-order valence-corrected chi connectivity index (χ1v) is 7.77. The van der Waals surface area contributed by atoms with Gasteiger partial charge in [-0.2, -0.15) is 0 Å². The average molecular weight is 346 g/mol. The van der Waals surface area contributed by atoms with Crippen LogP contribution in [0.3, 0.4) is 0 Å². The summed E-state index contributed by atoms with van der Waals surface area (Å²) in [7, 11) is 1.51. The quantitative estimate of drug-likeness (QED) is 0.864. The number of ketones is 1. The van der Waals surface area contributed by atoms with Crippen molar-refractivity contribution in [2.24, 2.45) is 0 Å². The molecule has 1 atom stereocenters. The molecule has 0 aromatic heterocycles. The van der Waals surface area contributed by atoms with Crippen molar-refractivity contribution in [1.29, 1.82) is 0 Å². The van der Waals surface area contributed by atoms with Crippen LogP contribution in [0.15, 0.2) is 42.5 Å². The molecule has 1 N–H and O–H groups in total. The van der Waals surface area contributed by atoms with Crippen LogP contribution >= 0.6 is 11.6 Å². The number of hydrogen-bond donors (Lipinski definition) is 1. The Bertz CT molecular complexity index is 820. The van der Waals surface area contributed by atoms with E-state index in [2.05, 4.69) is 5.32 Å². The molecular formula is C18H16ClNO4. The van der Waals surface area contributed by atoms with Crippen LogP contribution in [0.4, 0.5) is 5.69 Å². The van der Waals surface area contributed by atoms with Crippen molar-refractivity contribution in [3.63, 3.8) is 0 Å². The molecule has 2 aromatic rings. The molecule has 0 saturated carbocycles. The van der Waals surface area contributed by atoms with Crippen LogP contribution in [0.1, 0.15) is 12.5 Å². The minimum Gasteiger partial charge on any atom is -0.493 e. The number of nitrogens with one attached hydrogen (secondary N) is 1. The normalized spacial score (nSPS) is 18.5. The lowest BCUT2D eigenvalue weighted by molar-refractivity contribution is -0.142. The lowest BCUT2D eigenvalue weighted by atomic mass is 9.92. The van der Waals surface area contributed by atoms with Crippen molar-refractivity contribution in [1.82, 2.24) is 0 Å². The van der Waals surface area contributed by atoms with Crippen molar-refractivity contribution in [2.45, 2.75) is 18.9 Å². The zero-order chi connectivity index (χ0) is 17.3. The molecule has 1 heterocycles. The lowest BCUT2D eigenvalue weighted by Gasteiger charge is -2.25. The maximum Gasteiger partial charge on any atom is 0.276 e. The zero-order valence-electron chi connectivity index (χ0n) is 13.3. The van der Waals surface area contributed by atoms with Crippen LogP contribution < -0.4 is 14.8 Å². The Morgan fingerprint density at radius 1 is 1.21 bits per heavy atom. The molecule has 1 amide bonds. The largest absolute Gasteiger partial charge is 0.493 e. The molecule has 6 heteroatoms. The monoisotopic (exact) mass is 345 g/mol. The Morgan fingerprint density at radius 2 is 1.96 bits per heavy atom. The van der Waals surface area contributed by atoms with Gasteiger partial charge >= 0.3 is 0 Å². The van der Waals surface area contributed by atoms with E-state index in [1.54, 1.807) is 36.4 Å². The van der Waals surface area contributed by atoms with Gasteiger partial charge in [0.2, 0.25) is 5.60 Å². The molecule has 0 spiro atoms. The number of rotatable bonds is 4. The van der Waals surface area contributed by atoms with E-state index in [0.29, 0.717) is 22.2 Å². The topological polar surface area (TPSA) is 64.6 Å². The summed E-state index contributed by atoms with van der Waals surface area (Å²) in [6.45, 7) is 1.34. The summed E-state index contributed by atoms with van der Waals surface area (Å²) in [5.41, 5.74) is -0.453. The minimum atomic E-state index is -1.63. The molecule has 1 aliphatic rings. The van der Waals surface area contributed by atoms with Crippen LogP contribution in [-0.4, -0.2) is 24.4 Å². The molecular weight excluding hydrogens is 330 g/mol. The van der Waals surface area contributed by atoms with Crippen LogP contribution in [-0.2, 0) is 16.0 Å². The van der Waals surface area contributed by atoms with Gasteiger partial charge in [-0.15, -0.1) is 0 Å². The van der Waals surface area contributed by atoms with Crippen molar-refractivity contribution in [3.8, 4) is 11.5 Å². The number of benzene rings is 2. The van der Waals surface area contributed by atoms with Gasteiger partial charge in [0.25, 0.3) is 5.91 Å². The maximum atomic E-state index is 12.8. The summed E-state index contributed by atoms with van der Waals surface area (Å²) in [6, 6.07) is 12.2. The van der Waals surface area contributed by atoms with E-state index in [0.717, 1.165) is 5.56 Å².